The van der Waals surface area contributed by atoms with Gasteiger partial charge in [0.25, 0.3) is 0 Å². The van der Waals surface area contributed by atoms with E-state index in [9.17, 15) is 13.2 Å². The number of likely N-dealkylation sites (N-methyl/N-ethyl adjacent to an activating group) is 1. The smallest absolute Gasteiger partial charge is 0.318 e. The predicted molar refractivity (Wildman–Crippen MR) is 57.6 cm³/mol. The maximum Gasteiger partial charge on any atom is 0.318 e. The molecule has 94 valence electrons. The van der Waals surface area contributed by atoms with Gasteiger partial charge in [0.05, 0.1) is 11.9 Å². The van der Waals surface area contributed by atoms with Crippen molar-refractivity contribution < 1.29 is 23.1 Å². The Bertz CT molecular complexity index is 334. The van der Waals surface area contributed by atoms with Gasteiger partial charge in [-0.1, -0.05) is 0 Å². The third-order valence-electron chi connectivity index (χ3n) is 2.50. The first-order valence-electron chi connectivity index (χ1n) is 5.19. The lowest BCUT2D eigenvalue weighted by atomic mass is 10.1. The zero-order chi connectivity index (χ0) is 12.2. The Hall–Kier alpha value is -0.660. The lowest BCUT2D eigenvalue weighted by Crippen LogP contribution is -2.38. The van der Waals surface area contributed by atoms with E-state index in [0.29, 0.717) is 6.61 Å². The van der Waals surface area contributed by atoms with Crippen molar-refractivity contribution in [3.8, 4) is 0 Å². The summed E-state index contributed by atoms with van der Waals surface area (Å²) in [7, 11) is -2.26. The van der Waals surface area contributed by atoms with Crippen LogP contribution in [0.2, 0.25) is 0 Å². The molecule has 1 aliphatic rings. The molecule has 1 atom stereocenters. The number of sulfonamides is 1. The Balaban J connectivity index is 2.52. The highest BCUT2D eigenvalue weighted by atomic mass is 32.2. The standard InChI is InChI=1S/C9H17NO5S/c1-10(6-9(11)12)16(13,14)7-8-4-2-3-5-15-8/h8H,2-7H2,1H3,(H,11,12). The van der Waals surface area contributed by atoms with E-state index in [1.54, 1.807) is 0 Å². The fourth-order valence-electron chi connectivity index (χ4n) is 1.59. The predicted octanol–water partition coefficient (Wildman–Crippen LogP) is -0.0983. The lowest BCUT2D eigenvalue weighted by Gasteiger charge is -2.24. The van der Waals surface area contributed by atoms with Crippen LogP contribution in [-0.4, -0.2) is 55.9 Å². The van der Waals surface area contributed by atoms with Crippen molar-refractivity contribution in [2.24, 2.45) is 0 Å². The van der Waals surface area contributed by atoms with Crippen LogP contribution in [-0.2, 0) is 19.6 Å². The van der Waals surface area contributed by atoms with Gasteiger partial charge in [0.2, 0.25) is 10.0 Å². The molecule has 0 bridgehead atoms. The van der Waals surface area contributed by atoms with E-state index in [1.165, 1.54) is 7.05 Å². The van der Waals surface area contributed by atoms with Crippen LogP contribution in [0, 0.1) is 0 Å². The van der Waals surface area contributed by atoms with Crippen molar-refractivity contribution in [1.82, 2.24) is 4.31 Å². The summed E-state index contributed by atoms with van der Waals surface area (Å²) < 4.78 is 29.6. The van der Waals surface area contributed by atoms with Gasteiger partial charge in [0.15, 0.2) is 0 Å². The maximum atomic E-state index is 11.7. The second kappa shape index (κ2) is 5.60. The van der Waals surface area contributed by atoms with Crippen LogP contribution < -0.4 is 0 Å². The summed E-state index contributed by atoms with van der Waals surface area (Å²) in [6.45, 7) is 0.0812. The molecule has 16 heavy (non-hydrogen) atoms. The summed E-state index contributed by atoms with van der Waals surface area (Å²) in [4.78, 5) is 10.4. The molecule has 0 saturated carbocycles. The van der Waals surface area contributed by atoms with Crippen LogP contribution in [0.1, 0.15) is 19.3 Å². The summed E-state index contributed by atoms with van der Waals surface area (Å²) in [6, 6.07) is 0. The Morgan fingerprint density at radius 3 is 2.69 bits per heavy atom. The summed E-state index contributed by atoms with van der Waals surface area (Å²) in [6.07, 6.45) is 2.35. The van der Waals surface area contributed by atoms with E-state index >= 15 is 0 Å². The van der Waals surface area contributed by atoms with Gasteiger partial charge in [0, 0.05) is 13.7 Å². The minimum absolute atomic E-state index is 0.128. The van der Waals surface area contributed by atoms with Gasteiger partial charge < -0.3 is 9.84 Å². The van der Waals surface area contributed by atoms with Crippen LogP contribution in [0.4, 0.5) is 0 Å². The lowest BCUT2D eigenvalue weighted by molar-refractivity contribution is -0.137. The van der Waals surface area contributed by atoms with Gasteiger partial charge in [-0.3, -0.25) is 4.79 Å². The Kier molecular flexibility index (Phi) is 4.69. The van der Waals surface area contributed by atoms with E-state index in [1.807, 2.05) is 0 Å². The number of rotatable bonds is 5. The average molecular weight is 251 g/mol. The van der Waals surface area contributed by atoms with Crippen LogP contribution in [0.15, 0.2) is 0 Å². The molecule has 1 fully saturated rings. The second-order valence-electron chi connectivity index (χ2n) is 3.92. The molecule has 0 aliphatic carbocycles. The van der Waals surface area contributed by atoms with Crippen molar-refractivity contribution in [3.63, 3.8) is 0 Å². The van der Waals surface area contributed by atoms with Crippen molar-refractivity contribution in [2.45, 2.75) is 25.4 Å². The molecule has 1 rings (SSSR count). The van der Waals surface area contributed by atoms with E-state index in [0.717, 1.165) is 23.6 Å². The molecule has 1 unspecified atom stereocenters. The van der Waals surface area contributed by atoms with Gasteiger partial charge in [-0.2, -0.15) is 4.31 Å². The Morgan fingerprint density at radius 1 is 1.50 bits per heavy atom. The molecule has 0 aromatic rings. The van der Waals surface area contributed by atoms with E-state index in [-0.39, 0.29) is 11.9 Å². The number of carbonyl (C=O) groups is 1. The third-order valence-corrected chi connectivity index (χ3v) is 4.38. The molecule has 6 nitrogen and oxygen atoms in total. The molecule has 1 N–H and O–H groups in total. The minimum Gasteiger partial charge on any atom is -0.480 e. The van der Waals surface area contributed by atoms with Gasteiger partial charge in [-0.25, -0.2) is 8.42 Å². The van der Waals surface area contributed by atoms with Crippen LogP contribution >= 0.6 is 0 Å². The fraction of sp³-hybridized carbons (Fsp3) is 0.889. The largest absolute Gasteiger partial charge is 0.480 e. The zero-order valence-corrected chi connectivity index (χ0v) is 10.1. The minimum atomic E-state index is -3.53. The molecule has 0 amide bonds. The van der Waals surface area contributed by atoms with Crippen LogP contribution in [0.5, 0.6) is 0 Å². The summed E-state index contributed by atoms with van der Waals surface area (Å²) in [5.74, 6) is -1.29. The van der Waals surface area contributed by atoms with Gasteiger partial charge in [-0.05, 0) is 19.3 Å². The molecule has 1 aliphatic heterocycles. The molecule has 0 radical (unpaired) electrons. The molecule has 1 saturated heterocycles. The molecule has 0 spiro atoms. The van der Waals surface area contributed by atoms with E-state index < -0.39 is 22.5 Å². The summed E-state index contributed by atoms with van der Waals surface area (Å²) >= 11 is 0. The summed E-state index contributed by atoms with van der Waals surface area (Å²) in [5, 5.41) is 8.52. The molecule has 0 aromatic heterocycles. The highest BCUT2D eigenvalue weighted by Gasteiger charge is 2.26. The molecular formula is C9H17NO5S. The van der Waals surface area contributed by atoms with Crippen molar-refractivity contribution >= 4 is 16.0 Å². The average Bonchev–Trinajstić information content (AvgIpc) is 2.17. The number of hydrogen-bond donors (Lipinski definition) is 1. The number of hydrogen-bond acceptors (Lipinski definition) is 4. The van der Waals surface area contributed by atoms with Crippen molar-refractivity contribution in [3.05, 3.63) is 0 Å². The zero-order valence-electron chi connectivity index (χ0n) is 9.26. The molecule has 7 heteroatoms. The number of nitrogens with zero attached hydrogens (tertiary/aromatic N) is 1. The highest BCUT2D eigenvalue weighted by molar-refractivity contribution is 7.89. The number of aliphatic carboxylic acids is 1. The summed E-state index contributed by atoms with van der Waals surface area (Å²) in [5.41, 5.74) is 0. The quantitative estimate of drug-likeness (QED) is 0.737. The molecule has 1 heterocycles. The number of carboxylic acid groups (broad SMARTS) is 1. The van der Waals surface area contributed by atoms with Crippen LogP contribution in [0.25, 0.3) is 0 Å². The van der Waals surface area contributed by atoms with Crippen LogP contribution in [0.3, 0.4) is 0 Å². The monoisotopic (exact) mass is 251 g/mol. The topological polar surface area (TPSA) is 83.9 Å². The first-order chi connectivity index (χ1) is 7.42. The van der Waals surface area contributed by atoms with Gasteiger partial charge >= 0.3 is 5.97 Å². The first-order valence-corrected chi connectivity index (χ1v) is 6.80. The van der Waals surface area contributed by atoms with Crippen molar-refractivity contribution in [2.75, 3.05) is 26.0 Å². The fourth-order valence-corrected chi connectivity index (χ4v) is 2.88. The highest BCUT2D eigenvalue weighted by Crippen LogP contribution is 2.15. The molecular weight excluding hydrogens is 234 g/mol. The molecule has 0 aromatic carbocycles. The Labute approximate surface area is 95.2 Å². The van der Waals surface area contributed by atoms with Gasteiger partial charge in [0.1, 0.15) is 6.54 Å². The normalized spacial score (nSPS) is 22.2. The van der Waals surface area contributed by atoms with E-state index in [4.69, 9.17) is 9.84 Å². The number of carboxylic acids is 1. The number of ether oxygens (including phenoxy) is 1. The second-order valence-corrected chi connectivity index (χ2v) is 6.04. The third kappa shape index (κ3) is 4.07. The van der Waals surface area contributed by atoms with Crippen molar-refractivity contribution in [1.29, 1.82) is 0 Å². The Morgan fingerprint density at radius 2 is 2.19 bits per heavy atom. The van der Waals surface area contributed by atoms with Gasteiger partial charge in [-0.15, -0.1) is 0 Å². The SMILES string of the molecule is CN(CC(=O)O)S(=O)(=O)CC1CCCCO1. The van der Waals surface area contributed by atoms with E-state index in [2.05, 4.69) is 0 Å². The first kappa shape index (κ1) is 13.4. The maximum absolute atomic E-state index is 11.7.